The lowest BCUT2D eigenvalue weighted by Crippen LogP contribution is -3.16. The van der Waals surface area contributed by atoms with E-state index in [4.69, 9.17) is 17.0 Å². The van der Waals surface area contributed by atoms with Crippen LogP contribution < -0.4 is 4.90 Å². The molecule has 0 spiro atoms. The van der Waals surface area contributed by atoms with Crippen LogP contribution in [-0.2, 0) is 28.3 Å². The summed E-state index contributed by atoms with van der Waals surface area (Å²) in [6.07, 6.45) is 0.631. The lowest BCUT2D eigenvalue weighted by molar-refractivity contribution is -0.945. The van der Waals surface area contributed by atoms with Crippen LogP contribution in [0.15, 0.2) is 24.3 Å². The van der Waals surface area contributed by atoms with Gasteiger partial charge in [0.15, 0.2) is 22.3 Å². The normalized spacial score (nSPS) is 20.0. The molecule has 3 rings (SSSR count). The summed E-state index contributed by atoms with van der Waals surface area (Å²) in [5.41, 5.74) is 0.769. The van der Waals surface area contributed by atoms with Crippen molar-refractivity contribution in [3.8, 4) is 11.4 Å². The molecule has 1 saturated heterocycles. The number of aromatic nitrogens is 3. The third kappa shape index (κ3) is 4.63. The van der Waals surface area contributed by atoms with Crippen LogP contribution in [0.3, 0.4) is 0 Å². The van der Waals surface area contributed by atoms with Crippen LogP contribution >= 0.6 is 12.2 Å². The fourth-order valence-corrected chi connectivity index (χ4v) is 5.41. The summed E-state index contributed by atoms with van der Waals surface area (Å²) >= 11 is 5.52. The van der Waals surface area contributed by atoms with E-state index in [1.807, 2.05) is 7.05 Å². The van der Waals surface area contributed by atoms with Crippen molar-refractivity contribution >= 4 is 22.1 Å². The molecular formula is C17H24FN4O3S2+. The number of ether oxygens (including phenoxy) is 1. The van der Waals surface area contributed by atoms with E-state index < -0.39 is 9.84 Å². The summed E-state index contributed by atoms with van der Waals surface area (Å²) in [6.45, 7) is 1.65. The minimum absolute atomic E-state index is 0.00308. The summed E-state index contributed by atoms with van der Waals surface area (Å²) in [7, 11) is 0.470. The molecule has 1 unspecified atom stereocenters. The Hall–Kier alpha value is -1.62. The number of rotatable bonds is 7. The fraction of sp³-hybridized carbons (Fsp3) is 0.529. The van der Waals surface area contributed by atoms with Crippen molar-refractivity contribution in [3.05, 3.63) is 34.9 Å². The van der Waals surface area contributed by atoms with Gasteiger partial charge in [-0.3, -0.25) is 0 Å². The molecule has 1 aromatic carbocycles. The number of methoxy groups -OCH3 is 1. The Labute approximate surface area is 163 Å². The minimum atomic E-state index is -2.98. The number of benzene rings is 1. The lowest BCUT2D eigenvalue weighted by atomic mass is 10.2. The minimum Gasteiger partial charge on any atom is -0.379 e. The van der Waals surface area contributed by atoms with Crippen molar-refractivity contribution in [2.24, 2.45) is 7.05 Å². The van der Waals surface area contributed by atoms with Crippen molar-refractivity contribution in [1.29, 1.82) is 0 Å². The standard InChI is InChI=1S/C17H23FN4O3S2/c1-20-16(13-3-5-14(18)6-4-13)19-22(17(20)26)12-21(8-9-25-2)15-7-10-27(23,24)11-15/h3-6,15H,7-12H2,1-2H3/p+1/t15-/m1/s1. The molecular weight excluding hydrogens is 391 g/mol. The van der Waals surface area contributed by atoms with Gasteiger partial charge in [0.05, 0.1) is 12.4 Å². The number of sulfone groups is 1. The Morgan fingerprint density at radius 1 is 1.37 bits per heavy atom. The van der Waals surface area contributed by atoms with Gasteiger partial charge in [0.2, 0.25) is 4.77 Å². The van der Waals surface area contributed by atoms with Crippen LogP contribution in [0.5, 0.6) is 0 Å². The fourth-order valence-electron chi connectivity index (χ4n) is 3.40. The number of nitrogens with zero attached hydrogens (tertiary/aromatic N) is 3. The van der Waals surface area contributed by atoms with Crippen LogP contribution in [0.1, 0.15) is 6.42 Å². The molecule has 1 fully saturated rings. The quantitative estimate of drug-likeness (QED) is 0.665. The summed E-state index contributed by atoms with van der Waals surface area (Å²) in [4.78, 5) is 1.08. The molecule has 1 aromatic heterocycles. The smallest absolute Gasteiger partial charge is 0.202 e. The highest BCUT2D eigenvalue weighted by atomic mass is 32.2. The summed E-state index contributed by atoms with van der Waals surface area (Å²) in [5.74, 6) is 0.738. The molecule has 2 atom stereocenters. The van der Waals surface area contributed by atoms with E-state index in [2.05, 4.69) is 5.10 Å². The first-order valence-corrected chi connectivity index (χ1v) is 11.0. The van der Waals surface area contributed by atoms with Gasteiger partial charge in [-0.1, -0.05) is 0 Å². The maximum Gasteiger partial charge on any atom is 0.202 e. The Balaban J connectivity index is 1.86. The molecule has 10 heteroatoms. The van der Waals surface area contributed by atoms with Gasteiger partial charge in [-0.15, -0.1) is 5.10 Å². The first-order chi connectivity index (χ1) is 12.8. The third-order valence-electron chi connectivity index (χ3n) is 4.93. The number of quaternary nitrogens is 1. The highest BCUT2D eigenvalue weighted by molar-refractivity contribution is 7.91. The van der Waals surface area contributed by atoms with Crippen molar-refractivity contribution in [1.82, 2.24) is 14.3 Å². The molecule has 0 bridgehead atoms. The molecule has 2 aromatic rings. The molecule has 0 aliphatic carbocycles. The van der Waals surface area contributed by atoms with Crippen molar-refractivity contribution in [3.63, 3.8) is 0 Å². The second-order valence-electron chi connectivity index (χ2n) is 6.83. The van der Waals surface area contributed by atoms with Gasteiger partial charge in [-0.2, -0.15) is 4.68 Å². The van der Waals surface area contributed by atoms with Gasteiger partial charge < -0.3 is 14.2 Å². The van der Waals surface area contributed by atoms with Gasteiger partial charge in [0.25, 0.3) is 0 Å². The average molecular weight is 416 g/mol. The first kappa shape index (κ1) is 20.1. The Bertz CT molecular complexity index is 954. The highest BCUT2D eigenvalue weighted by Crippen LogP contribution is 2.17. The lowest BCUT2D eigenvalue weighted by Gasteiger charge is -2.24. The summed E-state index contributed by atoms with van der Waals surface area (Å²) in [5, 5.41) is 4.61. The molecule has 1 aliphatic heterocycles. The van der Waals surface area contributed by atoms with Gasteiger partial charge in [-0.25, -0.2) is 12.8 Å². The molecule has 1 N–H and O–H groups in total. The number of halogens is 1. The van der Waals surface area contributed by atoms with E-state index in [1.165, 1.54) is 12.1 Å². The largest absolute Gasteiger partial charge is 0.379 e. The monoisotopic (exact) mass is 415 g/mol. The molecule has 2 heterocycles. The summed E-state index contributed by atoms with van der Waals surface area (Å²) in [6, 6.07) is 6.10. The number of hydrogen-bond donors (Lipinski definition) is 1. The van der Waals surface area contributed by atoms with Crippen LogP contribution in [-0.4, -0.2) is 60.6 Å². The highest BCUT2D eigenvalue weighted by Gasteiger charge is 2.35. The molecule has 27 heavy (non-hydrogen) atoms. The predicted octanol–water partition coefficient (Wildman–Crippen LogP) is 0.433. The molecule has 0 saturated carbocycles. The average Bonchev–Trinajstić information content (AvgIpc) is 3.13. The van der Waals surface area contributed by atoms with E-state index >= 15 is 0 Å². The molecule has 7 nitrogen and oxygen atoms in total. The zero-order valence-electron chi connectivity index (χ0n) is 15.4. The summed E-state index contributed by atoms with van der Waals surface area (Å²) < 4.78 is 46.2. The maximum atomic E-state index is 13.2. The van der Waals surface area contributed by atoms with Crippen molar-refractivity contribution in [2.45, 2.75) is 19.1 Å². The zero-order valence-corrected chi connectivity index (χ0v) is 17.0. The van der Waals surface area contributed by atoms with Crippen LogP contribution in [0.2, 0.25) is 0 Å². The van der Waals surface area contributed by atoms with Crippen molar-refractivity contribution < 1.29 is 22.4 Å². The Kier molecular flexibility index (Phi) is 6.09. The zero-order chi connectivity index (χ0) is 19.6. The molecule has 0 radical (unpaired) electrons. The Morgan fingerprint density at radius 2 is 2.07 bits per heavy atom. The second-order valence-corrected chi connectivity index (χ2v) is 9.42. The molecule has 148 valence electrons. The maximum absolute atomic E-state index is 13.2. The van der Waals surface area contributed by atoms with Gasteiger partial charge >= 0.3 is 0 Å². The van der Waals surface area contributed by atoms with Crippen LogP contribution in [0.4, 0.5) is 4.39 Å². The van der Waals surface area contributed by atoms with E-state index in [-0.39, 0.29) is 23.4 Å². The topological polar surface area (TPSA) is 70.6 Å². The van der Waals surface area contributed by atoms with Crippen LogP contribution in [0.25, 0.3) is 11.4 Å². The SMILES string of the molecule is COCC[NH+](Cn1nc(-c2ccc(F)cc2)n(C)c1=S)[C@@H]1CCS(=O)(=O)C1. The van der Waals surface area contributed by atoms with Gasteiger partial charge in [-0.05, 0) is 36.5 Å². The second kappa shape index (κ2) is 8.17. The van der Waals surface area contributed by atoms with Gasteiger partial charge in [0, 0.05) is 26.1 Å². The number of nitrogens with one attached hydrogen (secondary N) is 1. The van der Waals surface area contributed by atoms with E-state index in [9.17, 15) is 12.8 Å². The Morgan fingerprint density at radius 3 is 2.67 bits per heavy atom. The van der Waals surface area contributed by atoms with Crippen molar-refractivity contribution in [2.75, 3.05) is 31.8 Å². The van der Waals surface area contributed by atoms with Gasteiger partial charge in [0.1, 0.15) is 24.2 Å². The molecule has 1 aliphatic rings. The van der Waals surface area contributed by atoms with E-state index in [0.717, 1.165) is 10.5 Å². The first-order valence-electron chi connectivity index (χ1n) is 8.74. The van der Waals surface area contributed by atoms with E-state index in [0.29, 0.717) is 36.8 Å². The van der Waals surface area contributed by atoms with E-state index in [1.54, 1.807) is 28.5 Å². The molecule has 0 amide bonds. The third-order valence-corrected chi connectivity index (χ3v) is 7.19. The van der Waals surface area contributed by atoms with Crippen LogP contribution in [0, 0.1) is 10.6 Å². The predicted molar refractivity (Wildman–Crippen MR) is 102 cm³/mol. The number of hydrogen-bond acceptors (Lipinski definition) is 5.